The Kier molecular flexibility index (Phi) is 5.46. The maximum absolute atomic E-state index is 12.6. The Morgan fingerprint density at radius 3 is 2.46 bits per heavy atom. The smallest absolute Gasteiger partial charge is 0.258 e. The van der Waals surface area contributed by atoms with Gasteiger partial charge in [0.05, 0.1) is 16.0 Å². The van der Waals surface area contributed by atoms with Crippen molar-refractivity contribution in [1.82, 2.24) is 4.83 Å². The van der Waals surface area contributed by atoms with Crippen LogP contribution in [0, 0.1) is 17.0 Å². The number of hydrazone groups is 1. The largest absolute Gasteiger partial charge is 0.276 e. The molecule has 0 bridgehead atoms. The van der Waals surface area contributed by atoms with Gasteiger partial charge in [-0.2, -0.15) is 13.5 Å². The van der Waals surface area contributed by atoms with Gasteiger partial charge in [0.15, 0.2) is 0 Å². The quantitative estimate of drug-likeness (QED) is 0.491. The molecule has 0 heterocycles. The van der Waals surface area contributed by atoms with E-state index in [9.17, 15) is 18.5 Å². The van der Waals surface area contributed by atoms with E-state index in [1.165, 1.54) is 24.4 Å². The Balaban J connectivity index is 2.27. The summed E-state index contributed by atoms with van der Waals surface area (Å²) in [7, 11) is -3.85. The predicted octanol–water partition coefficient (Wildman–Crippen LogP) is 3.51. The summed E-state index contributed by atoms with van der Waals surface area (Å²) >= 11 is 0. The van der Waals surface area contributed by atoms with Crippen molar-refractivity contribution >= 4 is 21.9 Å². The van der Waals surface area contributed by atoms with E-state index in [1.807, 2.05) is 26.8 Å². The van der Waals surface area contributed by atoms with Gasteiger partial charge in [-0.1, -0.05) is 45.0 Å². The van der Waals surface area contributed by atoms with Gasteiger partial charge < -0.3 is 0 Å². The third-order valence-electron chi connectivity index (χ3n) is 3.81. The topological polar surface area (TPSA) is 102 Å². The van der Waals surface area contributed by atoms with Crippen LogP contribution in [0.15, 0.2) is 52.5 Å². The van der Waals surface area contributed by atoms with Crippen molar-refractivity contribution in [3.63, 3.8) is 0 Å². The summed E-state index contributed by atoms with van der Waals surface area (Å²) in [5, 5.41) is 14.5. The van der Waals surface area contributed by atoms with Crippen LogP contribution in [-0.2, 0) is 15.4 Å². The molecule has 26 heavy (non-hydrogen) atoms. The Labute approximate surface area is 153 Å². The van der Waals surface area contributed by atoms with Crippen LogP contribution in [0.2, 0.25) is 0 Å². The van der Waals surface area contributed by atoms with Crippen molar-refractivity contribution in [2.24, 2.45) is 5.10 Å². The molecule has 0 unspecified atom stereocenters. The zero-order valence-corrected chi connectivity index (χ0v) is 15.9. The lowest BCUT2D eigenvalue weighted by molar-refractivity contribution is -0.384. The molecule has 2 aromatic rings. The van der Waals surface area contributed by atoms with Crippen molar-refractivity contribution in [1.29, 1.82) is 0 Å². The second kappa shape index (κ2) is 7.25. The number of hydrogen-bond acceptors (Lipinski definition) is 5. The van der Waals surface area contributed by atoms with E-state index in [2.05, 4.69) is 9.93 Å². The minimum Gasteiger partial charge on any atom is -0.258 e. The van der Waals surface area contributed by atoms with Gasteiger partial charge in [0, 0.05) is 17.7 Å². The van der Waals surface area contributed by atoms with E-state index >= 15 is 0 Å². The molecule has 2 aromatic carbocycles. The molecule has 0 saturated carbocycles. The first-order valence-corrected chi connectivity index (χ1v) is 9.39. The minimum absolute atomic E-state index is 0.0921. The molecule has 0 aliphatic carbocycles. The number of sulfonamides is 1. The molecule has 0 aliphatic rings. The Hall–Kier alpha value is -2.74. The Bertz CT molecular complexity index is 961. The summed E-state index contributed by atoms with van der Waals surface area (Å²) in [6.45, 7) is 7.72. The first kappa shape index (κ1) is 19.6. The van der Waals surface area contributed by atoms with Gasteiger partial charge >= 0.3 is 0 Å². The molecular formula is C18H21N3O4S. The molecule has 0 amide bonds. The normalized spacial score (nSPS) is 12.3. The molecule has 138 valence electrons. The van der Waals surface area contributed by atoms with Gasteiger partial charge in [0.1, 0.15) is 0 Å². The first-order chi connectivity index (χ1) is 12.0. The molecular weight excluding hydrogens is 354 g/mol. The summed E-state index contributed by atoms with van der Waals surface area (Å²) in [6.07, 6.45) is 1.23. The second-order valence-electron chi connectivity index (χ2n) is 6.94. The van der Waals surface area contributed by atoms with E-state index in [4.69, 9.17) is 0 Å². The standard InChI is InChI=1S/C18H21N3O4S/c1-13-8-9-15(18(2,3)4)11-17(13)26(24,25)20-19-12-14-6-5-7-16(10-14)21(22)23/h5-12,20H,1-4H3/b19-12+. The Morgan fingerprint density at radius 2 is 1.85 bits per heavy atom. The number of non-ortho nitro benzene ring substituents is 1. The zero-order valence-electron chi connectivity index (χ0n) is 15.1. The molecule has 0 fully saturated rings. The fraction of sp³-hybridized carbons (Fsp3) is 0.278. The third-order valence-corrected chi connectivity index (χ3v) is 5.18. The van der Waals surface area contributed by atoms with Crippen LogP contribution < -0.4 is 4.83 Å². The van der Waals surface area contributed by atoms with Crippen LogP contribution in [0.25, 0.3) is 0 Å². The number of nitro benzene ring substituents is 1. The average Bonchev–Trinajstić information content (AvgIpc) is 2.54. The number of aryl methyl sites for hydroxylation is 1. The lowest BCUT2D eigenvalue weighted by atomic mass is 9.87. The summed E-state index contributed by atoms with van der Waals surface area (Å²) in [5.74, 6) is 0. The van der Waals surface area contributed by atoms with Crippen molar-refractivity contribution < 1.29 is 13.3 Å². The summed E-state index contributed by atoms with van der Waals surface area (Å²) in [5.41, 5.74) is 1.64. The highest BCUT2D eigenvalue weighted by Crippen LogP contribution is 2.26. The van der Waals surface area contributed by atoms with E-state index < -0.39 is 14.9 Å². The molecule has 0 atom stereocenters. The number of nitrogens with one attached hydrogen (secondary N) is 1. The van der Waals surface area contributed by atoms with Crippen molar-refractivity contribution in [3.8, 4) is 0 Å². The number of nitrogens with zero attached hydrogens (tertiary/aromatic N) is 2. The van der Waals surface area contributed by atoms with E-state index in [0.29, 0.717) is 11.1 Å². The monoisotopic (exact) mass is 375 g/mol. The SMILES string of the molecule is Cc1ccc(C(C)(C)C)cc1S(=O)(=O)N/N=C/c1cccc([N+](=O)[O-])c1. The molecule has 8 heteroatoms. The highest BCUT2D eigenvalue weighted by Gasteiger charge is 2.21. The molecule has 7 nitrogen and oxygen atoms in total. The molecule has 0 radical (unpaired) electrons. The first-order valence-electron chi connectivity index (χ1n) is 7.91. The van der Waals surface area contributed by atoms with E-state index in [1.54, 1.807) is 25.1 Å². The summed E-state index contributed by atoms with van der Waals surface area (Å²) in [6, 6.07) is 11.1. The zero-order chi connectivity index (χ0) is 19.5. The third kappa shape index (κ3) is 4.66. The van der Waals surface area contributed by atoms with Gasteiger partial charge in [-0.05, 0) is 29.5 Å². The maximum Gasteiger partial charge on any atom is 0.276 e. The van der Waals surface area contributed by atoms with Gasteiger partial charge in [-0.25, -0.2) is 4.83 Å². The Morgan fingerprint density at radius 1 is 1.15 bits per heavy atom. The number of benzene rings is 2. The number of nitro groups is 1. The fourth-order valence-corrected chi connectivity index (χ4v) is 3.36. The maximum atomic E-state index is 12.6. The van der Waals surface area contributed by atoms with Crippen LogP contribution in [-0.4, -0.2) is 19.6 Å². The highest BCUT2D eigenvalue weighted by atomic mass is 32.2. The van der Waals surface area contributed by atoms with Crippen LogP contribution in [0.1, 0.15) is 37.5 Å². The van der Waals surface area contributed by atoms with Crippen LogP contribution in [0.3, 0.4) is 0 Å². The average molecular weight is 375 g/mol. The summed E-state index contributed by atoms with van der Waals surface area (Å²) in [4.78, 5) is 12.6. The van der Waals surface area contributed by atoms with Crippen LogP contribution in [0.4, 0.5) is 5.69 Å². The highest BCUT2D eigenvalue weighted by molar-refractivity contribution is 7.89. The van der Waals surface area contributed by atoms with Crippen molar-refractivity contribution in [3.05, 3.63) is 69.3 Å². The van der Waals surface area contributed by atoms with Crippen LogP contribution >= 0.6 is 0 Å². The van der Waals surface area contributed by atoms with Gasteiger partial charge in [-0.15, -0.1) is 0 Å². The second-order valence-corrected chi connectivity index (χ2v) is 8.56. The predicted molar refractivity (Wildman–Crippen MR) is 101 cm³/mol. The number of rotatable bonds is 5. The van der Waals surface area contributed by atoms with Crippen LogP contribution in [0.5, 0.6) is 0 Å². The van der Waals surface area contributed by atoms with Gasteiger partial charge in [0.2, 0.25) is 0 Å². The molecule has 0 saturated heterocycles. The molecule has 0 aliphatic heterocycles. The molecule has 0 aromatic heterocycles. The minimum atomic E-state index is -3.85. The molecule has 2 rings (SSSR count). The van der Waals surface area contributed by atoms with Crippen molar-refractivity contribution in [2.75, 3.05) is 0 Å². The lowest BCUT2D eigenvalue weighted by Crippen LogP contribution is -2.21. The molecule has 1 N–H and O–H groups in total. The van der Waals surface area contributed by atoms with E-state index in [-0.39, 0.29) is 16.0 Å². The van der Waals surface area contributed by atoms with Gasteiger partial charge in [0.25, 0.3) is 15.7 Å². The van der Waals surface area contributed by atoms with Crippen molar-refractivity contribution in [2.45, 2.75) is 38.0 Å². The fourth-order valence-electron chi connectivity index (χ4n) is 2.29. The molecule has 0 spiro atoms. The lowest BCUT2D eigenvalue weighted by Gasteiger charge is -2.20. The number of hydrogen-bond donors (Lipinski definition) is 1. The summed E-state index contributed by atoms with van der Waals surface area (Å²) < 4.78 is 25.1. The van der Waals surface area contributed by atoms with Gasteiger partial charge in [-0.3, -0.25) is 10.1 Å². The van der Waals surface area contributed by atoms with E-state index in [0.717, 1.165) is 5.56 Å².